The molecule has 0 aliphatic heterocycles. The predicted octanol–water partition coefficient (Wildman–Crippen LogP) is 5.46. The molecule has 154 valence electrons. The van der Waals surface area contributed by atoms with Gasteiger partial charge >= 0.3 is 0 Å². The fourth-order valence-electron chi connectivity index (χ4n) is 2.48. The van der Waals surface area contributed by atoms with Crippen molar-refractivity contribution in [2.75, 3.05) is 5.32 Å². The third kappa shape index (κ3) is 4.36. The largest absolute Gasteiger partial charge is 0.372 e. The summed E-state index contributed by atoms with van der Waals surface area (Å²) in [6.45, 7) is 0. The first-order valence-corrected chi connectivity index (χ1v) is 10.5. The van der Waals surface area contributed by atoms with E-state index in [1.165, 1.54) is 11.6 Å². The van der Waals surface area contributed by atoms with Gasteiger partial charge in [-0.05, 0) is 30.3 Å². The van der Waals surface area contributed by atoms with Crippen molar-refractivity contribution in [3.63, 3.8) is 0 Å². The molecule has 4 nitrogen and oxygen atoms in total. The van der Waals surface area contributed by atoms with Crippen LogP contribution in [0.2, 0.25) is 5.02 Å². The molecule has 2 aromatic carbocycles. The molecular weight excluding hydrogens is 459 g/mol. The van der Waals surface area contributed by atoms with Crippen LogP contribution in [0.4, 0.5) is 27.6 Å². The zero-order chi connectivity index (χ0) is 21.3. The molecule has 0 fully saturated rings. The number of halogens is 6. The third-order valence-electron chi connectivity index (χ3n) is 3.81. The first-order chi connectivity index (χ1) is 13.6. The van der Waals surface area contributed by atoms with Gasteiger partial charge in [-0.15, -0.1) is 11.3 Å². The number of sulfone groups is 1. The van der Waals surface area contributed by atoms with Gasteiger partial charge in [-0.25, -0.2) is 35.4 Å². The Bertz CT molecular complexity index is 1140. The van der Waals surface area contributed by atoms with Crippen LogP contribution in [0.25, 0.3) is 0 Å². The molecule has 1 aromatic heterocycles. The quantitative estimate of drug-likeness (QED) is 0.488. The van der Waals surface area contributed by atoms with Crippen molar-refractivity contribution in [1.29, 1.82) is 0 Å². The van der Waals surface area contributed by atoms with E-state index in [4.69, 9.17) is 11.6 Å². The zero-order valence-corrected chi connectivity index (χ0v) is 16.4. The second kappa shape index (κ2) is 8.25. The van der Waals surface area contributed by atoms with E-state index in [9.17, 15) is 30.4 Å². The molecule has 0 radical (unpaired) electrons. The lowest BCUT2D eigenvalue weighted by Crippen LogP contribution is -2.21. The molecular formula is C17H10ClF5N2O2S2. The van der Waals surface area contributed by atoms with E-state index in [-0.39, 0.29) is 4.34 Å². The SMILES string of the molecule is O=S(=O)(c1nccs1)c1cc(Cl)c(N[C@H](c2cc(F)ccc2F)C(F)F)cc1F. The number of anilines is 1. The van der Waals surface area contributed by atoms with Crippen molar-refractivity contribution in [2.45, 2.75) is 21.7 Å². The van der Waals surface area contributed by atoms with Gasteiger partial charge < -0.3 is 5.32 Å². The Kier molecular flexibility index (Phi) is 6.11. The molecule has 29 heavy (non-hydrogen) atoms. The molecule has 1 heterocycles. The van der Waals surface area contributed by atoms with E-state index in [0.717, 1.165) is 23.5 Å². The van der Waals surface area contributed by atoms with Gasteiger partial charge in [0.2, 0.25) is 14.2 Å². The highest BCUT2D eigenvalue weighted by Crippen LogP contribution is 2.35. The Hall–Kier alpha value is -2.24. The number of benzene rings is 2. The van der Waals surface area contributed by atoms with Crippen molar-refractivity contribution in [1.82, 2.24) is 4.98 Å². The minimum atomic E-state index is -4.31. The van der Waals surface area contributed by atoms with E-state index in [2.05, 4.69) is 10.3 Å². The summed E-state index contributed by atoms with van der Waals surface area (Å²) in [5, 5.41) is 3.11. The van der Waals surface area contributed by atoms with Crippen LogP contribution in [-0.2, 0) is 9.84 Å². The van der Waals surface area contributed by atoms with Gasteiger partial charge in [0.15, 0.2) is 0 Å². The molecule has 0 saturated heterocycles. The van der Waals surface area contributed by atoms with Crippen LogP contribution in [-0.4, -0.2) is 19.8 Å². The highest BCUT2D eigenvalue weighted by atomic mass is 35.5. The number of thiazole rings is 1. The minimum Gasteiger partial charge on any atom is -0.372 e. The molecule has 0 aliphatic rings. The lowest BCUT2D eigenvalue weighted by Gasteiger charge is -2.21. The van der Waals surface area contributed by atoms with Gasteiger partial charge in [-0.2, -0.15) is 0 Å². The molecule has 0 unspecified atom stereocenters. The number of hydrogen-bond acceptors (Lipinski definition) is 5. The second-order valence-electron chi connectivity index (χ2n) is 5.69. The molecule has 1 atom stereocenters. The van der Waals surface area contributed by atoms with Crippen molar-refractivity contribution >= 4 is 38.5 Å². The fraction of sp³-hybridized carbons (Fsp3) is 0.118. The predicted molar refractivity (Wildman–Crippen MR) is 97.7 cm³/mol. The van der Waals surface area contributed by atoms with Gasteiger partial charge in [-0.3, -0.25) is 0 Å². The van der Waals surface area contributed by atoms with Crippen LogP contribution in [0, 0.1) is 17.5 Å². The number of aromatic nitrogens is 1. The van der Waals surface area contributed by atoms with Crippen LogP contribution >= 0.6 is 22.9 Å². The van der Waals surface area contributed by atoms with Crippen LogP contribution in [0.3, 0.4) is 0 Å². The molecule has 1 N–H and O–H groups in total. The first kappa shape index (κ1) is 21.5. The van der Waals surface area contributed by atoms with Gasteiger partial charge in [0.05, 0.1) is 10.7 Å². The third-order valence-corrected chi connectivity index (χ3v) is 7.09. The van der Waals surface area contributed by atoms with Gasteiger partial charge in [-0.1, -0.05) is 11.6 Å². The fourth-order valence-corrected chi connectivity index (χ4v) is 5.04. The minimum absolute atomic E-state index is 0.375. The van der Waals surface area contributed by atoms with E-state index in [0.29, 0.717) is 18.2 Å². The van der Waals surface area contributed by atoms with Crippen molar-refractivity contribution in [3.05, 3.63) is 69.9 Å². The van der Waals surface area contributed by atoms with E-state index < -0.39 is 60.9 Å². The maximum Gasteiger partial charge on any atom is 0.262 e. The summed E-state index contributed by atoms with van der Waals surface area (Å²) in [6, 6.07) is 1.27. The molecule has 0 aliphatic carbocycles. The summed E-state index contributed by atoms with van der Waals surface area (Å²) in [7, 11) is -4.31. The summed E-state index contributed by atoms with van der Waals surface area (Å²) in [4.78, 5) is 2.82. The number of alkyl halides is 2. The average molecular weight is 469 g/mol. The summed E-state index contributed by atoms with van der Waals surface area (Å²) in [5.74, 6) is -3.33. The highest BCUT2D eigenvalue weighted by molar-refractivity contribution is 7.93. The lowest BCUT2D eigenvalue weighted by molar-refractivity contribution is 0.123. The van der Waals surface area contributed by atoms with Crippen molar-refractivity contribution in [3.8, 4) is 0 Å². The molecule has 3 rings (SSSR count). The van der Waals surface area contributed by atoms with Crippen molar-refractivity contribution < 1.29 is 30.4 Å². The van der Waals surface area contributed by atoms with Crippen molar-refractivity contribution in [2.24, 2.45) is 0 Å². The Balaban J connectivity index is 2.01. The Labute approximate surface area is 170 Å². The monoisotopic (exact) mass is 468 g/mol. The summed E-state index contributed by atoms with van der Waals surface area (Å²) >= 11 is 6.71. The van der Waals surface area contributed by atoms with Crippen LogP contribution in [0.5, 0.6) is 0 Å². The number of nitrogens with zero attached hydrogens (tertiary/aromatic N) is 1. The average Bonchev–Trinajstić information content (AvgIpc) is 3.19. The second-order valence-corrected chi connectivity index (χ2v) is 9.08. The Morgan fingerprint density at radius 2 is 1.79 bits per heavy atom. The number of hydrogen-bond donors (Lipinski definition) is 1. The first-order valence-electron chi connectivity index (χ1n) is 7.74. The molecule has 0 spiro atoms. The smallest absolute Gasteiger partial charge is 0.262 e. The molecule has 3 aromatic rings. The van der Waals surface area contributed by atoms with Gasteiger partial charge in [0, 0.05) is 17.1 Å². The van der Waals surface area contributed by atoms with Gasteiger partial charge in [0.25, 0.3) is 6.43 Å². The lowest BCUT2D eigenvalue weighted by atomic mass is 10.1. The Morgan fingerprint density at radius 3 is 2.41 bits per heavy atom. The van der Waals surface area contributed by atoms with Crippen LogP contribution in [0.1, 0.15) is 11.6 Å². The maximum absolute atomic E-state index is 14.5. The van der Waals surface area contributed by atoms with Gasteiger partial charge in [0.1, 0.15) is 28.4 Å². The molecule has 0 saturated carbocycles. The number of rotatable bonds is 6. The zero-order valence-electron chi connectivity index (χ0n) is 14.0. The molecule has 0 amide bonds. The van der Waals surface area contributed by atoms with E-state index in [1.807, 2.05) is 0 Å². The topological polar surface area (TPSA) is 59.1 Å². The van der Waals surface area contributed by atoms with E-state index in [1.54, 1.807) is 0 Å². The standard InChI is InChI=1S/C17H10ClF5N2O2S2/c18-10-6-14(29(26,27)17-24-3-4-28-17)12(21)7-13(10)25-15(16(22)23)9-5-8(19)1-2-11(9)20/h1-7,15-16,25H/t15-/m1/s1. The summed E-state index contributed by atoms with van der Waals surface area (Å²) in [5.41, 5.74) is -1.12. The molecule has 12 heteroatoms. The Morgan fingerprint density at radius 1 is 1.07 bits per heavy atom. The highest BCUT2D eigenvalue weighted by Gasteiger charge is 2.29. The summed E-state index contributed by atoms with van der Waals surface area (Å²) in [6.07, 6.45) is -2.00. The normalized spacial score (nSPS) is 12.9. The maximum atomic E-state index is 14.5. The van der Waals surface area contributed by atoms with E-state index >= 15 is 0 Å². The molecule has 0 bridgehead atoms. The number of nitrogens with one attached hydrogen (secondary N) is 1. The summed E-state index contributed by atoms with van der Waals surface area (Å²) < 4.78 is 93.2. The van der Waals surface area contributed by atoms with Crippen LogP contribution < -0.4 is 5.32 Å². The van der Waals surface area contributed by atoms with Crippen LogP contribution in [0.15, 0.2) is 51.1 Å².